The molecule has 1 saturated carbocycles. The third kappa shape index (κ3) is 1.63. The Bertz CT molecular complexity index is 383. The summed E-state index contributed by atoms with van der Waals surface area (Å²) in [6, 6.07) is 7.78. The Labute approximate surface area is 98.3 Å². The predicted octanol–water partition coefficient (Wildman–Crippen LogP) is 4.09. The van der Waals surface area contributed by atoms with E-state index in [0.29, 0.717) is 0 Å². The molecular formula is C15H21N. The molecule has 2 aliphatic rings. The van der Waals surface area contributed by atoms with Crippen LogP contribution in [0.25, 0.3) is 0 Å². The van der Waals surface area contributed by atoms with Gasteiger partial charge in [-0.25, -0.2) is 0 Å². The van der Waals surface area contributed by atoms with Crippen molar-refractivity contribution < 1.29 is 0 Å². The lowest BCUT2D eigenvalue weighted by Gasteiger charge is -2.16. The van der Waals surface area contributed by atoms with Crippen molar-refractivity contribution in [3.63, 3.8) is 0 Å². The van der Waals surface area contributed by atoms with Crippen molar-refractivity contribution in [3.05, 3.63) is 29.3 Å². The van der Waals surface area contributed by atoms with Gasteiger partial charge in [-0.2, -0.15) is 0 Å². The third-order valence-corrected chi connectivity index (χ3v) is 4.28. The first-order chi connectivity index (χ1) is 7.88. The van der Waals surface area contributed by atoms with Crippen molar-refractivity contribution in [1.82, 2.24) is 0 Å². The molecule has 0 aromatic heterocycles. The van der Waals surface area contributed by atoms with E-state index in [0.717, 1.165) is 18.4 Å². The lowest BCUT2D eigenvalue weighted by molar-refractivity contribution is 0.562. The van der Waals surface area contributed by atoms with Crippen LogP contribution in [0.3, 0.4) is 0 Å². The summed E-state index contributed by atoms with van der Waals surface area (Å²) in [6.45, 7) is 2.23. The lowest BCUT2D eigenvalue weighted by Crippen LogP contribution is -2.18. The topological polar surface area (TPSA) is 12.0 Å². The highest BCUT2D eigenvalue weighted by Crippen LogP contribution is 2.43. The fourth-order valence-electron chi connectivity index (χ4n) is 3.32. The second-order valence-electron chi connectivity index (χ2n) is 5.27. The molecule has 1 aromatic carbocycles. The molecule has 0 amide bonds. The van der Waals surface area contributed by atoms with E-state index in [1.807, 2.05) is 0 Å². The maximum atomic E-state index is 3.75. The van der Waals surface area contributed by atoms with Gasteiger partial charge in [0.2, 0.25) is 0 Å². The third-order valence-electron chi connectivity index (χ3n) is 4.28. The van der Waals surface area contributed by atoms with Crippen LogP contribution in [0.1, 0.15) is 56.1 Å². The van der Waals surface area contributed by atoms with Gasteiger partial charge in [0.05, 0.1) is 0 Å². The van der Waals surface area contributed by atoms with Gasteiger partial charge in [0.25, 0.3) is 0 Å². The summed E-state index contributed by atoms with van der Waals surface area (Å²) in [5.41, 5.74) is 4.48. The van der Waals surface area contributed by atoms with Crippen LogP contribution in [-0.2, 0) is 6.42 Å². The Morgan fingerprint density at radius 2 is 2.06 bits per heavy atom. The molecule has 3 rings (SSSR count). The highest BCUT2D eigenvalue weighted by atomic mass is 15.0. The van der Waals surface area contributed by atoms with Gasteiger partial charge in [-0.15, -0.1) is 0 Å². The molecule has 1 heteroatoms. The zero-order chi connectivity index (χ0) is 11.0. The lowest BCUT2D eigenvalue weighted by atomic mass is 9.90. The molecule has 1 N–H and O–H groups in total. The van der Waals surface area contributed by atoms with Crippen LogP contribution < -0.4 is 5.32 Å². The summed E-state index contributed by atoms with van der Waals surface area (Å²) in [5.74, 6) is 0.795. The molecule has 1 aliphatic heterocycles. The maximum Gasteiger partial charge on any atom is 0.0381 e. The van der Waals surface area contributed by atoms with Gasteiger partial charge < -0.3 is 5.32 Å². The largest absolute Gasteiger partial charge is 0.381 e. The van der Waals surface area contributed by atoms with Gasteiger partial charge in [0.1, 0.15) is 0 Å². The molecule has 0 spiro atoms. The van der Waals surface area contributed by atoms with E-state index in [-0.39, 0.29) is 0 Å². The van der Waals surface area contributed by atoms with E-state index >= 15 is 0 Å². The van der Waals surface area contributed by atoms with Crippen LogP contribution in [0, 0.1) is 0 Å². The molecule has 0 bridgehead atoms. The molecule has 2 atom stereocenters. The summed E-state index contributed by atoms with van der Waals surface area (Å²) in [7, 11) is 0. The minimum atomic E-state index is 0.726. The van der Waals surface area contributed by atoms with Crippen LogP contribution in [0.2, 0.25) is 0 Å². The predicted molar refractivity (Wildman–Crippen MR) is 69.1 cm³/mol. The van der Waals surface area contributed by atoms with E-state index < -0.39 is 0 Å². The molecule has 1 aromatic rings. The van der Waals surface area contributed by atoms with Crippen molar-refractivity contribution in [2.24, 2.45) is 0 Å². The Hall–Kier alpha value is -0.980. The van der Waals surface area contributed by atoms with E-state index in [1.165, 1.54) is 43.4 Å². The fraction of sp³-hybridized carbons (Fsp3) is 0.600. The Morgan fingerprint density at radius 1 is 1.19 bits per heavy atom. The van der Waals surface area contributed by atoms with Crippen LogP contribution in [0.5, 0.6) is 0 Å². The highest BCUT2D eigenvalue weighted by Gasteiger charge is 2.32. The highest BCUT2D eigenvalue weighted by molar-refractivity contribution is 5.61. The summed E-state index contributed by atoms with van der Waals surface area (Å²) in [4.78, 5) is 0. The van der Waals surface area contributed by atoms with E-state index in [9.17, 15) is 0 Å². The van der Waals surface area contributed by atoms with Gasteiger partial charge in [-0.1, -0.05) is 38.3 Å². The van der Waals surface area contributed by atoms with Gasteiger partial charge >= 0.3 is 0 Å². The van der Waals surface area contributed by atoms with Crippen molar-refractivity contribution >= 4 is 5.69 Å². The Kier molecular flexibility index (Phi) is 2.62. The maximum absolute atomic E-state index is 3.75. The molecule has 1 heterocycles. The number of anilines is 1. The van der Waals surface area contributed by atoms with Crippen LogP contribution in [-0.4, -0.2) is 6.04 Å². The van der Waals surface area contributed by atoms with Crippen molar-refractivity contribution in [2.75, 3.05) is 5.32 Å². The second-order valence-corrected chi connectivity index (χ2v) is 5.27. The average Bonchev–Trinajstić information content (AvgIpc) is 2.50. The number of benzene rings is 1. The Balaban J connectivity index is 1.93. The number of aryl methyl sites for hydroxylation is 1. The summed E-state index contributed by atoms with van der Waals surface area (Å²) in [6.07, 6.45) is 8.14. The number of hydrogen-bond donors (Lipinski definition) is 1. The monoisotopic (exact) mass is 215 g/mol. The first kappa shape index (κ1) is 10.2. The minimum absolute atomic E-state index is 0.726. The van der Waals surface area contributed by atoms with Gasteiger partial charge in [0, 0.05) is 17.6 Å². The smallest absolute Gasteiger partial charge is 0.0381 e. The second kappa shape index (κ2) is 4.12. The normalized spacial score (nSPS) is 27.8. The summed E-state index contributed by atoms with van der Waals surface area (Å²) in [5, 5.41) is 3.75. The average molecular weight is 215 g/mol. The standard InChI is InChI=1S/C15H21N/c1-2-11-8-9-13-12-6-4-3-5-7-14(12)16-15(13)10-11/h8-10,12,14,16H,2-7H2,1H3. The zero-order valence-electron chi connectivity index (χ0n) is 10.1. The van der Waals surface area contributed by atoms with Crippen molar-refractivity contribution in [1.29, 1.82) is 0 Å². The molecule has 86 valence electrons. The quantitative estimate of drug-likeness (QED) is 0.744. The van der Waals surface area contributed by atoms with Crippen LogP contribution in [0.15, 0.2) is 18.2 Å². The van der Waals surface area contributed by atoms with Crippen LogP contribution in [0.4, 0.5) is 5.69 Å². The summed E-state index contributed by atoms with van der Waals surface area (Å²) < 4.78 is 0. The summed E-state index contributed by atoms with van der Waals surface area (Å²) >= 11 is 0. The van der Waals surface area contributed by atoms with Gasteiger partial charge in [-0.05, 0) is 36.5 Å². The molecule has 2 unspecified atom stereocenters. The van der Waals surface area contributed by atoms with Gasteiger partial charge in [0.15, 0.2) is 0 Å². The first-order valence-corrected chi connectivity index (χ1v) is 6.78. The molecule has 0 radical (unpaired) electrons. The van der Waals surface area contributed by atoms with E-state index in [4.69, 9.17) is 0 Å². The van der Waals surface area contributed by atoms with E-state index in [1.54, 1.807) is 5.56 Å². The molecule has 1 fully saturated rings. The molecule has 0 saturated heterocycles. The number of hydrogen-bond acceptors (Lipinski definition) is 1. The number of fused-ring (bicyclic) bond motifs is 3. The minimum Gasteiger partial charge on any atom is -0.381 e. The molecular weight excluding hydrogens is 194 g/mol. The molecule has 1 aliphatic carbocycles. The van der Waals surface area contributed by atoms with E-state index in [2.05, 4.69) is 30.4 Å². The zero-order valence-corrected chi connectivity index (χ0v) is 10.1. The first-order valence-electron chi connectivity index (χ1n) is 6.78. The van der Waals surface area contributed by atoms with Crippen LogP contribution >= 0.6 is 0 Å². The van der Waals surface area contributed by atoms with Crippen molar-refractivity contribution in [3.8, 4) is 0 Å². The SMILES string of the molecule is CCc1ccc2c(c1)NC1CCCCCC21. The number of rotatable bonds is 1. The molecule has 1 nitrogen and oxygen atoms in total. The molecule has 16 heavy (non-hydrogen) atoms. The van der Waals surface area contributed by atoms with Gasteiger partial charge in [-0.3, -0.25) is 0 Å². The number of nitrogens with one attached hydrogen (secondary N) is 1. The Morgan fingerprint density at radius 3 is 2.94 bits per heavy atom. The fourth-order valence-corrected chi connectivity index (χ4v) is 3.32. The van der Waals surface area contributed by atoms with Crippen molar-refractivity contribution in [2.45, 2.75) is 57.4 Å².